The van der Waals surface area contributed by atoms with Gasteiger partial charge in [0.25, 0.3) is 0 Å². The Labute approximate surface area is 191 Å². The predicted molar refractivity (Wildman–Crippen MR) is 121 cm³/mol. The summed E-state index contributed by atoms with van der Waals surface area (Å²) in [5.41, 5.74) is 0.651. The third kappa shape index (κ3) is 3.81. The molecule has 0 aromatic heterocycles. The molecule has 0 heterocycles. The third-order valence-electron chi connectivity index (χ3n) is 6.61. The molecule has 2 aromatic rings. The highest BCUT2D eigenvalue weighted by Crippen LogP contribution is 2.48. The van der Waals surface area contributed by atoms with E-state index in [2.05, 4.69) is 0 Å². The number of allylic oxidation sites excluding steroid dienone is 2. The maximum absolute atomic E-state index is 13.5. The second-order valence-corrected chi connectivity index (χ2v) is 9.73. The standard InChI is InChI=1S/C26H26ClF3O2/c1-7-15-8-9-16(17-10-11-20(27)19(13-17)26(28,29)30)12-18(15)21-14(2)24(3,4)23(32)25(5,6)22(21)31/h8-13H,7H2,1-6H3. The molecule has 3 rings (SSSR count). The summed E-state index contributed by atoms with van der Waals surface area (Å²) in [5, 5.41) is -0.366. The summed E-state index contributed by atoms with van der Waals surface area (Å²) in [5.74, 6) is -0.406. The van der Waals surface area contributed by atoms with E-state index < -0.39 is 22.6 Å². The third-order valence-corrected chi connectivity index (χ3v) is 6.94. The molecule has 0 fully saturated rings. The number of alkyl halides is 3. The van der Waals surface area contributed by atoms with Crippen LogP contribution in [0.15, 0.2) is 42.0 Å². The van der Waals surface area contributed by atoms with Crippen LogP contribution < -0.4 is 0 Å². The SMILES string of the molecule is CCc1ccc(-c2ccc(Cl)c(C(F)(F)F)c2)cc1C1=C(C)C(C)(C)C(=O)C(C)(C)C1=O. The van der Waals surface area contributed by atoms with Gasteiger partial charge in [0.1, 0.15) is 0 Å². The normalized spacial score (nSPS) is 18.3. The summed E-state index contributed by atoms with van der Waals surface area (Å²) in [6, 6.07) is 9.11. The van der Waals surface area contributed by atoms with Gasteiger partial charge in [0.2, 0.25) is 0 Å². The number of aryl methyl sites for hydroxylation is 1. The Bertz CT molecular complexity index is 1150. The van der Waals surface area contributed by atoms with E-state index in [9.17, 15) is 22.8 Å². The van der Waals surface area contributed by atoms with Crippen molar-refractivity contribution >= 4 is 28.7 Å². The molecule has 170 valence electrons. The molecule has 0 spiro atoms. The molecule has 1 aliphatic rings. The van der Waals surface area contributed by atoms with Gasteiger partial charge in [0.15, 0.2) is 11.6 Å². The number of benzene rings is 2. The van der Waals surface area contributed by atoms with Crippen LogP contribution in [-0.4, -0.2) is 11.6 Å². The number of Topliss-reactive ketones (excluding diaryl/α,β-unsaturated/α-hetero) is 2. The van der Waals surface area contributed by atoms with Crippen molar-refractivity contribution < 1.29 is 22.8 Å². The maximum atomic E-state index is 13.5. The molecular formula is C26H26ClF3O2. The van der Waals surface area contributed by atoms with E-state index >= 15 is 0 Å². The van der Waals surface area contributed by atoms with Crippen LogP contribution >= 0.6 is 11.6 Å². The van der Waals surface area contributed by atoms with E-state index in [-0.39, 0.29) is 16.6 Å². The summed E-state index contributed by atoms with van der Waals surface area (Å²) in [4.78, 5) is 26.5. The molecule has 0 saturated carbocycles. The Morgan fingerprint density at radius 2 is 1.47 bits per heavy atom. The number of carbonyl (C=O) groups is 2. The molecule has 2 nitrogen and oxygen atoms in total. The molecule has 2 aromatic carbocycles. The Morgan fingerprint density at radius 1 is 0.906 bits per heavy atom. The van der Waals surface area contributed by atoms with Gasteiger partial charge in [-0.25, -0.2) is 0 Å². The van der Waals surface area contributed by atoms with Crippen LogP contribution in [0.25, 0.3) is 16.7 Å². The van der Waals surface area contributed by atoms with Gasteiger partial charge in [-0.05, 0) is 87.1 Å². The van der Waals surface area contributed by atoms with E-state index in [0.717, 1.165) is 11.6 Å². The molecule has 0 N–H and O–H groups in total. The maximum Gasteiger partial charge on any atom is 0.417 e. The van der Waals surface area contributed by atoms with Crippen molar-refractivity contribution in [2.24, 2.45) is 10.8 Å². The van der Waals surface area contributed by atoms with Crippen molar-refractivity contribution in [2.45, 2.75) is 54.1 Å². The zero-order valence-corrected chi connectivity index (χ0v) is 19.8. The van der Waals surface area contributed by atoms with E-state index in [0.29, 0.717) is 34.3 Å². The molecule has 0 amide bonds. The summed E-state index contributed by atoms with van der Waals surface area (Å²) in [6.45, 7) is 10.6. The number of rotatable bonds is 3. The van der Waals surface area contributed by atoms with E-state index in [1.54, 1.807) is 32.9 Å². The Kier molecular flexibility index (Phi) is 5.97. The van der Waals surface area contributed by atoms with Gasteiger partial charge in [-0.2, -0.15) is 13.2 Å². The first-order chi connectivity index (χ1) is 14.6. The molecular weight excluding hydrogens is 437 g/mol. The molecule has 1 aliphatic carbocycles. The second kappa shape index (κ2) is 7.87. The average Bonchev–Trinajstić information content (AvgIpc) is 2.71. The van der Waals surface area contributed by atoms with Crippen molar-refractivity contribution in [1.29, 1.82) is 0 Å². The van der Waals surface area contributed by atoms with Crippen LogP contribution in [0.5, 0.6) is 0 Å². The highest BCUT2D eigenvalue weighted by Gasteiger charge is 2.51. The van der Waals surface area contributed by atoms with Crippen molar-refractivity contribution in [2.75, 3.05) is 0 Å². The van der Waals surface area contributed by atoms with Crippen LogP contribution in [0.4, 0.5) is 13.2 Å². The first kappa shape index (κ1) is 24.2. The minimum atomic E-state index is -4.58. The lowest BCUT2D eigenvalue weighted by Crippen LogP contribution is -2.47. The van der Waals surface area contributed by atoms with Gasteiger partial charge < -0.3 is 0 Å². The fourth-order valence-corrected chi connectivity index (χ4v) is 4.62. The summed E-state index contributed by atoms with van der Waals surface area (Å²) in [6.07, 6.45) is -3.95. The minimum absolute atomic E-state index is 0.141. The molecule has 32 heavy (non-hydrogen) atoms. The molecule has 0 radical (unpaired) electrons. The quantitative estimate of drug-likeness (QED) is 0.441. The number of hydrogen-bond donors (Lipinski definition) is 0. The Morgan fingerprint density at radius 3 is 2.03 bits per heavy atom. The van der Waals surface area contributed by atoms with Crippen molar-refractivity contribution in [3.05, 3.63) is 63.7 Å². The monoisotopic (exact) mass is 462 g/mol. The molecule has 0 bridgehead atoms. The summed E-state index contributed by atoms with van der Waals surface area (Å²) < 4.78 is 40.1. The highest BCUT2D eigenvalue weighted by atomic mass is 35.5. The second-order valence-electron chi connectivity index (χ2n) is 9.33. The molecule has 0 unspecified atom stereocenters. The Hall–Kier alpha value is -2.40. The molecule has 0 saturated heterocycles. The average molecular weight is 463 g/mol. The van der Waals surface area contributed by atoms with E-state index in [1.807, 2.05) is 26.8 Å². The first-order valence-corrected chi connectivity index (χ1v) is 10.8. The van der Waals surface area contributed by atoms with Crippen molar-refractivity contribution in [1.82, 2.24) is 0 Å². The smallest absolute Gasteiger partial charge is 0.298 e. The lowest BCUT2D eigenvalue weighted by Gasteiger charge is -2.40. The van der Waals surface area contributed by atoms with Gasteiger partial charge in [0.05, 0.1) is 16.0 Å². The van der Waals surface area contributed by atoms with Gasteiger partial charge in [-0.15, -0.1) is 0 Å². The number of ketones is 2. The number of carbonyl (C=O) groups excluding carboxylic acids is 2. The summed E-state index contributed by atoms with van der Waals surface area (Å²) >= 11 is 5.78. The molecule has 0 atom stereocenters. The predicted octanol–water partition coefficient (Wildman–Crippen LogP) is 7.57. The van der Waals surface area contributed by atoms with Crippen molar-refractivity contribution in [3.8, 4) is 11.1 Å². The molecule has 6 heteroatoms. The molecule has 0 aliphatic heterocycles. The minimum Gasteiger partial charge on any atom is -0.298 e. The number of halogens is 4. The van der Waals surface area contributed by atoms with Crippen LogP contribution in [0.1, 0.15) is 58.2 Å². The van der Waals surface area contributed by atoms with Crippen molar-refractivity contribution in [3.63, 3.8) is 0 Å². The lowest BCUT2D eigenvalue weighted by atomic mass is 9.60. The van der Waals surface area contributed by atoms with E-state index in [1.165, 1.54) is 12.1 Å². The Balaban J connectivity index is 2.28. The van der Waals surface area contributed by atoms with Crippen LogP contribution in [-0.2, 0) is 22.2 Å². The van der Waals surface area contributed by atoms with Gasteiger partial charge >= 0.3 is 6.18 Å². The fraction of sp³-hybridized carbons (Fsp3) is 0.385. The van der Waals surface area contributed by atoms with Gasteiger partial charge in [0, 0.05) is 11.0 Å². The largest absolute Gasteiger partial charge is 0.417 e. The highest BCUT2D eigenvalue weighted by molar-refractivity contribution is 6.34. The van der Waals surface area contributed by atoms with Crippen LogP contribution in [0.2, 0.25) is 5.02 Å². The fourth-order valence-electron chi connectivity index (χ4n) is 4.39. The lowest BCUT2D eigenvalue weighted by molar-refractivity contribution is -0.142. The first-order valence-electron chi connectivity index (χ1n) is 10.5. The zero-order chi connectivity index (χ0) is 24.2. The van der Waals surface area contributed by atoms with Gasteiger partial charge in [-0.1, -0.05) is 36.7 Å². The zero-order valence-electron chi connectivity index (χ0n) is 19.0. The summed E-state index contributed by atoms with van der Waals surface area (Å²) in [7, 11) is 0. The number of hydrogen-bond acceptors (Lipinski definition) is 2. The van der Waals surface area contributed by atoms with Gasteiger partial charge in [-0.3, -0.25) is 9.59 Å². The van der Waals surface area contributed by atoms with Crippen LogP contribution in [0.3, 0.4) is 0 Å². The van der Waals surface area contributed by atoms with E-state index in [4.69, 9.17) is 11.6 Å². The topological polar surface area (TPSA) is 34.1 Å². The van der Waals surface area contributed by atoms with Crippen LogP contribution in [0, 0.1) is 10.8 Å².